The number of carbonyl (C=O) groups is 2. The Morgan fingerprint density at radius 2 is 1.92 bits per heavy atom. The molecule has 0 saturated heterocycles. The standard InChI is InChI=1S/C7H13NO4/c1-4(2)7(12,6(10)11)3-5(8)9/h4,12H,3H2,1-2H3,(H2,8,9)(H,10,11). The topological polar surface area (TPSA) is 101 Å². The quantitative estimate of drug-likeness (QED) is 0.527. The molecule has 0 aromatic rings. The molecule has 0 aliphatic heterocycles. The largest absolute Gasteiger partial charge is 0.479 e. The number of carboxylic acid groups (broad SMARTS) is 1. The van der Waals surface area contributed by atoms with Gasteiger partial charge in [0.1, 0.15) is 0 Å². The first-order valence-corrected chi connectivity index (χ1v) is 3.54. The van der Waals surface area contributed by atoms with Crippen molar-refractivity contribution in [3.8, 4) is 0 Å². The molecule has 4 N–H and O–H groups in total. The van der Waals surface area contributed by atoms with Gasteiger partial charge in [-0.05, 0) is 5.92 Å². The van der Waals surface area contributed by atoms with Crippen LogP contribution in [0.3, 0.4) is 0 Å². The molecule has 0 bridgehead atoms. The molecule has 12 heavy (non-hydrogen) atoms. The van der Waals surface area contributed by atoms with Crippen LogP contribution in [-0.2, 0) is 9.59 Å². The maximum absolute atomic E-state index is 10.5. The predicted octanol–water partition coefficient (Wildman–Crippen LogP) is -0.667. The lowest BCUT2D eigenvalue weighted by Gasteiger charge is -2.25. The van der Waals surface area contributed by atoms with Gasteiger partial charge in [-0.25, -0.2) is 4.79 Å². The van der Waals surface area contributed by atoms with Gasteiger partial charge in [-0.3, -0.25) is 4.79 Å². The number of primary amides is 1. The zero-order valence-electron chi connectivity index (χ0n) is 7.07. The van der Waals surface area contributed by atoms with Crippen LogP contribution in [-0.4, -0.2) is 27.7 Å². The lowest BCUT2D eigenvalue weighted by molar-refractivity contribution is -0.166. The van der Waals surface area contributed by atoms with Crippen LogP contribution < -0.4 is 5.73 Å². The number of hydrogen-bond acceptors (Lipinski definition) is 3. The molecule has 0 aromatic heterocycles. The number of hydrogen-bond donors (Lipinski definition) is 3. The molecule has 0 spiro atoms. The molecule has 1 unspecified atom stereocenters. The molecular weight excluding hydrogens is 162 g/mol. The zero-order chi connectivity index (χ0) is 9.94. The van der Waals surface area contributed by atoms with E-state index in [1.165, 1.54) is 13.8 Å². The Morgan fingerprint density at radius 1 is 1.50 bits per heavy atom. The van der Waals surface area contributed by atoms with Crippen molar-refractivity contribution >= 4 is 11.9 Å². The van der Waals surface area contributed by atoms with Gasteiger partial charge in [0.2, 0.25) is 5.91 Å². The minimum atomic E-state index is -2.04. The molecule has 70 valence electrons. The minimum absolute atomic E-state index is 0.553. The molecule has 0 heterocycles. The van der Waals surface area contributed by atoms with E-state index in [2.05, 4.69) is 0 Å². The first kappa shape index (κ1) is 10.9. The van der Waals surface area contributed by atoms with Crippen molar-refractivity contribution < 1.29 is 19.8 Å². The van der Waals surface area contributed by atoms with Crippen molar-refractivity contribution in [2.75, 3.05) is 0 Å². The average molecular weight is 175 g/mol. The van der Waals surface area contributed by atoms with Crippen LogP contribution in [0, 0.1) is 5.92 Å². The van der Waals surface area contributed by atoms with Gasteiger partial charge < -0.3 is 15.9 Å². The number of aliphatic carboxylic acids is 1. The van der Waals surface area contributed by atoms with Crippen molar-refractivity contribution in [1.29, 1.82) is 0 Å². The zero-order valence-corrected chi connectivity index (χ0v) is 7.07. The number of amides is 1. The molecule has 0 aliphatic carbocycles. The lowest BCUT2D eigenvalue weighted by atomic mass is 9.87. The van der Waals surface area contributed by atoms with E-state index in [0.717, 1.165) is 0 Å². The van der Waals surface area contributed by atoms with Crippen molar-refractivity contribution in [3.05, 3.63) is 0 Å². The Kier molecular flexibility index (Phi) is 3.21. The number of rotatable bonds is 4. The molecule has 1 atom stereocenters. The van der Waals surface area contributed by atoms with Crippen LogP contribution in [0.5, 0.6) is 0 Å². The van der Waals surface area contributed by atoms with E-state index < -0.39 is 29.8 Å². The Morgan fingerprint density at radius 3 is 2.00 bits per heavy atom. The number of aliphatic hydroxyl groups is 1. The summed E-state index contributed by atoms with van der Waals surface area (Å²) in [5.41, 5.74) is 2.76. The SMILES string of the molecule is CC(C)C(O)(CC(N)=O)C(=O)O. The van der Waals surface area contributed by atoms with Crippen LogP contribution >= 0.6 is 0 Å². The number of nitrogens with two attached hydrogens (primary N) is 1. The summed E-state index contributed by atoms with van der Waals surface area (Å²) in [5, 5.41) is 18.0. The Balaban J connectivity index is 4.62. The smallest absolute Gasteiger partial charge is 0.336 e. The normalized spacial score (nSPS) is 15.7. The minimum Gasteiger partial charge on any atom is -0.479 e. The summed E-state index contributed by atoms with van der Waals surface area (Å²) in [7, 11) is 0. The van der Waals surface area contributed by atoms with Crippen molar-refractivity contribution in [2.24, 2.45) is 11.7 Å². The molecule has 5 heteroatoms. The molecule has 0 fully saturated rings. The summed E-state index contributed by atoms with van der Waals surface area (Å²) in [4.78, 5) is 21.0. The number of carbonyl (C=O) groups excluding carboxylic acids is 1. The highest BCUT2D eigenvalue weighted by Gasteiger charge is 2.40. The third-order valence-electron chi connectivity index (χ3n) is 1.77. The second-order valence-electron chi connectivity index (χ2n) is 3.03. The van der Waals surface area contributed by atoms with Gasteiger partial charge in [0.25, 0.3) is 0 Å². The molecular formula is C7H13NO4. The second kappa shape index (κ2) is 3.53. The molecule has 0 radical (unpaired) electrons. The van der Waals surface area contributed by atoms with E-state index >= 15 is 0 Å². The average Bonchev–Trinajstić information content (AvgIpc) is 1.84. The van der Waals surface area contributed by atoms with Crippen molar-refractivity contribution in [2.45, 2.75) is 25.9 Å². The van der Waals surface area contributed by atoms with Gasteiger partial charge in [0, 0.05) is 0 Å². The maximum Gasteiger partial charge on any atom is 0.336 e. The van der Waals surface area contributed by atoms with Gasteiger partial charge in [0.15, 0.2) is 5.60 Å². The van der Waals surface area contributed by atoms with Gasteiger partial charge in [-0.1, -0.05) is 13.8 Å². The molecule has 5 nitrogen and oxygen atoms in total. The van der Waals surface area contributed by atoms with Crippen LogP contribution in [0.4, 0.5) is 0 Å². The highest BCUT2D eigenvalue weighted by molar-refractivity contribution is 5.86. The monoisotopic (exact) mass is 175 g/mol. The Hall–Kier alpha value is -1.10. The van der Waals surface area contributed by atoms with E-state index in [9.17, 15) is 14.7 Å². The summed E-state index contributed by atoms with van der Waals surface area (Å²) in [6.07, 6.45) is -0.556. The summed E-state index contributed by atoms with van der Waals surface area (Å²) in [6.45, 7) is 3.02. The van der Waals surface area contributed by atoms with Gasteiger partial charge in [-0.2, -0.15) is 0 Å². The molecule has 1 amide bonds. The van der Waals surface area contributed by atoms with Gasteiger partial charge >= 0.3 is 5.97 Å². The van der Waals surface area contributed by atoms with E-state index in [4.69, 9.17) is 10.8 Å². The Labute approximate surface area is 70.2 Å². The van der Waals surface area contributed by atoms with Crippen LogP contribution in [0.1, 0.15) is 20.3 Å². The fourth-order valence-corrected chi connectivity index (χ4v) is 0.792. The third kappa shape index (κ3) is 2.20. The van der Waals surface area contributed by atoms with E-state index in [0.29, 0.717) is 0 Å². The number of carboxylic acids is 1. The van der Waals surface area contributed by atoms with Crippen molar-refractivity contribution in [1.82, 2.24) is 0 Å². The second-order valence-corrected chi connectivity index (χ2v) is 3.03. The van der Waals surface area contributed by atoms with E-state index in [1.54, 1.807) is 0 Å². The molecule has 0 rings (SSSR count). The van der Waals surface area contributed by atoms with Crippen LogP contribution in [0.15, 0.2) is 0 Å². The fraction of sp³-hybridized carbons (Fsp3) is 0.714. The first-order chi connectivity index (χ1) is 5.30. The third-order valence-corrected chi connectivity index (χ3v) is 1.77. The molecule has 0 aliphatic rings. The van der Waals surface area contributed by atoms with Gasteiger partial charge in [-0.15, -0.1) is 0 Å². The van der Waals surface area contributed by atoms with Gasteiger partial charge in [0.05, 0.1) is 6.42 Å². The lowest BCUT2D eigenvalue weighted by Crippen LogP contribution is -2.46. The first-order valence-electron chi connectivity index (χ1n) is 3.54. The van der Waals surface area contributed by atoms with E-state index in [-0.39, 0.29) is 0 Å². The Bertz CT molecular complexity index is 202. The van der Waals surface area contributed by atoms with Crippen LogP contribution in [0.2, 0.25) is 0 Å². The molecule has 0 aromatic carbocycles. The van der Waals surface area contributed by atoms with Crippen molar-refractivity contribution in [3.63, 3.8) is 0 Å². The summed E-state index contributed by atoms with van der Waals surface area (Å²) in [6, 6.07) is 0. The fourth-order valence-electron chi connectivity index (χ4n) is 0.792. The molecule has 0 saturated carbocycles. The van der Waals surface area contributed by atoms with Crippen LogP contribution in [0.25, 0.3) is 0 Å². The summed E-state index contributed by atoms with van der Waals surface area (Å²) >= 11 is 0. The maximum atomic E-state index is 10.5. The summed E-state index contributed by atoms with van der Waals surface area (Å²) in [5.74, 6) is -2.80. The van der Waals surface area contributed by atoms with E-state index in [1.807, 2.05) is 0 Å². The summed E-state index contributed by atoms with van der Waals surface area (Å²) < 4.78 is 0. The highest BCUT2D eigenvalue weighted by atomic mass is 16.4. The highest BCUT2D eigenvalue weighted by Crippen LogP contribution is 2.20. The predicted molar refractivity (Wildman–Crippen MR) is 41.2 cm³/mol.